The minimum Gasteiger partial charge on any atom is -0.495 e. The van der Waals surface area contributed by atoms with E-state index in [2.05, 4.69) is 0 Å². The van der Waals surface area contributed by atoms with Gasteiger partial charge in [-0.2, -0.15) is 4.31 Å². The predicted molar refractivity (Wildman–Crippen MR) is 77.0 cm³/mol. The van der Waals surface area contributed by atoms with Gasteiger partial charge in [-0.1, -0.05) is 0 Å². The quantitative estimate of drug-likeness (QED) is 0.813. The maximum absolute atomic E-state index is 12.8. The molecular weight excluding hydrogens is 276 g/mol. The van der Waals surface area contributed by atoms with Crippen molar-refractivity contribution in [1.29, 1.82) is 0 Å². The number of hydrogen-bond donors (Lipinski definition) is 1. The Balaban J connectivity index is 1.92. The minimum atomic E-state index is -3.44. The zero-order valence-corrected chi connectivity index (χ0v) is 12.4. The van der Waals surface area contributed by atoms with Crippen LogP contribution >= 0.6 is 0 Å². The van der Waals surface area contributed by atoms with Crippen LogP contribution in [0, 0.1) is 5.92 Å². The molecule has 2 N–H and O–H groups in total. The zero-order chi connectivity index (χ0) is 14.3. The van der Waals surface area contributed by atoms with Crippen molar-refractivity contribution in [2.75, 3.05) is 19.4 Å². The summed E-state index contributed by atoms with van der Waals surface area (Å²) in [6.07, 6.45) is 4.23. The fraction of sp³-hybridized carbons (Fsp3) is 0.571. The van der Waals surface area contributed by atoms with E-state index in [9.17, 15) is 8.42 Å². The number of anilines is 1. The molecule has 20 heavy (non-hydrogen) atoms. The van der Waals surface area contributed by atoms with E-state index in [1.807, 2.05) is 0 Å². The van der Waals surface area contributed by atoms with Crippen molar-refractivity contribution in [3.05, 3.63) is 18.2 Å². The topological polar surface area (TPSA) is 72.6 Å². The van der Waals surface area contributed by atoms with E-state index in [1.165, 1.54) is 13.2 Å². The largest absolute Gasteiger partial charge is 0.495 e. The molecule has 0 heterocycles. The highest BCUT2D eigenvalue weighted by atomic mass is 32.2. The molecule has 2 aliphatic rings. The van der Waals surface area contributed by atoms with Crippen LogP contribution < -0.4 is 10.5 Å². The first-order valence-corrected chi connectivity index (χ1v) is 8.41. The predicted octanol–water partition coefficient (Wildman–Crippen LogP) is 1.84. The van der Waals surface area contributed by atoms with Crippen molar-refractivity contribution >= 4 is 15.7 Å². The molecule has 110 valence electrons. The Labute approximate surface area is 119 Å². The summed E-state index contributed by atoms with van der Waals surface area (Å²) in [5.41, 5.74) is 6.20. The van der Waals surface area contributed by atoms with Gasteiger partial charge in [0.1, 0.15) is 5.75 Å². The van der Waals surface area contributed by atoms with Gasteiger partial charge in [0.2, 0.25) is 10.0 Å². The summed E-state index contributed by atoms with van der Waals surface area (Å²) < 4.78 is 32.4. The second kappa shape index (κ2) is 4.93. The van der Waals surface area contributed by atoms with Crippen molar-refractivity contribution < 1.29 is 13.2 Å². The van der Waals surface area contributed by atoms with Gasteiger partial charge in [-0.25, -0.2) is 8.42 Å². The van der Waals surface area contributed by atoms with Gasteiger partial charge >= 0.3 is 0 Å². The molecular formula is C14H20N2O3S. The fourth-order valence-corrected chi connectivity index (χ4v) is 4.13. The van der Waals surface area contributed by atoms with E-state index in [4.69, 9.17) is 10.5 Å². The third kappa shape index (κ3) is 2.62. The third-order valence-electron chi connectivity index (χ3n) is 3.90. The summed E-state index contributed by atoms with van der Waals surface area (Å²) in [5.74, 6) is 0.953. The Hall–Kier alpha value is -1.27. The molecule has 0 saturated heterocycles. The molecule has 2 fully saturated rings. The molecule has 2 saturated carbocycles. The third-order valence-corrected chi connectivity index (χ3v) is 5.82. The number of nitrogens with two attached hydrogens (primary N) is 1. The van der Waals surface area contributed by atoms with Gasteiger partial charge < -0.3 is 10.5 Å². The summed E-state index contributed by atoms with van der Waals surface area (Å²) in [5, 5.41) is 0. The van der Waals surface area contributed by atoms with Crippen LogP contribution in [0.3, 0.4) is 0 Å². The van der Waals surface area contributed by atoms with E-state index >= 15 is 0 Å². The lowest BCUT2D eigenvalue weighted by molar-refractivity contribution is 0.387. The van der Waals surface area contributed by atoms with E-state index in [0.29, 0.717) is 23.9 Å². The first kappa shape index (κ1) is 13.7. The maximum Gasteiger partial charge on any atom is 0.243 e. The number of benzene rings is 1. The lowest BCUT2D eigenvalue weighted by Crippen LogP contribution is -2.35. The molecule has 6 heteroatoms. The average molecular weight is 296 g/mol. The minimum absolute atomic E-state index is 0.184. The number of ether oxygens (including phenoxy) is 1. The van der Waals surface area contributed by atoms with Gasteiger partial charge in [0.05, 0.1) is 17.7 Å². The standard InChI is InChI=1S/C14H20N2O3S/c1-19-14-8-12(6-7-13(14)15)20(17,18)16(11-4-5-11)9-10-2-3-10/h6-8,10-11H,2-5,9,15H2,1H3. The molecule has 3 rings (SSSR count). The van der Waals surface area contributed by atoms with E-state index in [1.54, 1.807) is 16.4 Å². The van der Waals surface area contributed by atoms with E-state index in [-0.39, 0.29) is 10.9 Å². The van der Waals surface area contributed by atoms with Gasteiger partial charge in [-0.15, -0.1) is 0 Å². The number of nitrogens with zero attached hydrogens (tertiary/aromatic N) is 1. The fourth-order valence-electron chi connectivity index (χ4n) is 2.35. The van der Waals surface area contributed by atoms with Crippen LogP contribution in [-0.4, -0.2) is 32.4 Å². The molecule has 0 atom stereocenters. The van der Waals surface area contributed by atoms with Crippen LogP contribution in [0.1, 0.15) is 25.7 Å². The van der Waals surface area contributed by atoms with Crippen molar-refractivity contribution in [1.82, 2.24) is 4.31 Å². The zero-order valence-electron chi connectivity index (χ0n) is 11.6. The second-order valence-electron chi connectivity index (χ2n) is 5.65. The number of hydrogen-bond acceptors (Lipinski definition) is 4. The van der Waals surface area contributed by atoms with Crippen LogP contribution in [0.15, 0.2) is 23.1 Å². The summed E-state index contributed by atoms with van der Waals surface area (Å²) in [6, 6.07) is 4.86. The van der Waals surface area contributed by atoms with Crippen LogP contribution in [-0.2, 0) is 10.0 Å². The highest BCUT2D eigenvalue weighted by Gasteiger charge is 2.41. The molecule has 0 radical (unpaired) electrons. The molecule has 5 nitrogen and oxygen atoms in total. The number of methoxy groups -OCH3 is 1. The molecule has 0 aliphatic heterocycles. The monoisotopic (exact) mass is 296 g/mol. The van der Waals surface area contributed by atoms with Gasteiger partial charge in [0, 0.05) is 18.7 Å². The smallest absolute Gasteiger partial charge is 0.243 e. The Bertz CT molecular complexity index is 607. The summed E-state index contributed by atoms with van der Waals surface area (Å²) >= 11 is 0. The SMILES string of the molecule is COc1cc(S(=O)(=O)N(CC2CC2)C2CC2)ccc1N. The van der Waals surface area contributed by atoms with Gasteiger partial charge in [0.15, 0.2) is 0 Å². The molecule has 1 aromatic rings. The second-order valence-corrected chi connectivity index (χ2v) is 7.54. The van der Waals surface area contributed by atoms with Crippen LogP contribution in [0.2, 0.25) is 0 Å². The Morgan fingerprint density at radius 2 is 2.00 bits per heavy atom. The molecule has 0 bridgehead atoms. The molecule has 1 aromatic carbocycles. The highest BCUT2D eigenvalue weighted by Crippen LogP contribution is 2.38. The summed E-state index contributed by atoms with van der Waals surface area (Å²) in [6.45, 7) is 0.652. The summed E-state index contributed by atoms with van der Waals surface area (Å²) in [4.78, 5) is 0.274. The van der Waals surface area contributed by atoms with Crippen molar-refractivity contribution in [2.45, 2.75) is 36.6 Å². The number of nitrogen functional groups attached to an aromatic ring is 1. The lowest BCUT2D eigenvalue weighted by atomic mass is 10.3. The Morgan fingerprint density at radius 3 is 2.55 bits per heavy atom. The van der Waals surface area contributed by atoms with Gasteiger partial charge in [-0.05, 0) is 43.7 Å². The van der Waals surface area contributed by atoms with Crippen LogP contribution in [0.4, 0.5) is 5.69 Å². The maximum atomic E-state index is 12.8. The molecule has 0 amide bonds. The Morgan fingerprint density at radius 1 is 1.30 bits per heavy atom. The highest BCUT2D eigenvalue weighted by molar-refractivity contribution is 7.89. The van der Waals surface area contributed by atoms with Crippen molar-refractivity contribution in [2.24, 2.45) is 5.92 Å². The number of rotatable bonds is 6. The number of sulfonamides is 1. The van der Waals surface area contributed by atoms with E-state index < -0.39 is 10.0 Å². The molecule has 0 spiro atoms. The molecule has 0 unspecified atom stereocenters. The van der Waals surface area contributed by atoms with Crippen LogP contribution in [0.5, 0.6) is 5.75 Å². The molecule has 0 aromatic heterocycles. The van der Waals surface area contributed by atoms with Crippen molar-refractivity contribution in [3.63, 3.8) is 0 Å². The van der Waals surface area contributed by atoms with E-state index in [0.717, 1.165) is 25.7 Å². The van der Waals surface area contributed by atoms with Crippen LogP contribution in [0.25, 0.3) is 0 Å². The lowest BCUT2D eigenvalue weighted by Gasteiger charge is -2.22. The average Bonchev–Trinajstić information content (AvgIpc) is 3.28. The first-order valence-electron chi connectivity index (χ1n) is 6.97. The Kier molecular flexibility index (Phi) is 3.38. The normalized spacial score (nSPS) is 19.3. The molecule has 2 aliphatic carbocycles. The first-order chi connectivity index (χ1) is 9.52. The van der Waals surface area contributed by atoms with Gasteiger partial charge in [-0.3, -0.25) is 0 Å². The van der Waals surface area contributed by atoms with Gasteiger partial charge in [0.25, 0.3) is 0 Å². The summed E-state index contributed by atoms with van der Waals surface area (Å²) in [7, 11) is -1.95. The van der Waals surface area contributed by atoms with Crippen molar-refractivity contribution in [3.8, 4) is 5.75 Å².